The molecule has 0 aliphatic heterocycles. The Hall–Kier alpha value is -1.56. The number of alkyl halides is 3. The first-order valence-electron chi connectivity index (χ1n) is 5.16. The molecule has 3 rings (SSSR count). The molecule has 2 N–H and O–H groups in total. The van der Waals surface area contributed by atoms with Gasteiger partial charge in [0.25, 0.3) is 0 Å². The lowest BCUT2D eigenvalue weighted by atomic mass is 10.1. The first-order valence-corrected chi connectivity index (χ1v) is 5.16. The van der Waals surface area contributed by atoms with Crippen molar-refractivity contribution in [3.63, 3.8) is 0 Å². The van der Waals surface area contributed by atoms with Crippen LogP contribution in [0.4, 0.5) is 13.2 Å². The quantitative estimate of drug-likeness (QED) is 0.836. The van der Waals surface area contributed by atoms with E-state index >= 15 is 0 Å². The molecule has 1 aromatic carbocycles. The fourth-order valence-corrected chi connectivity index (χ4v) is 1.84. The van der Waals surface area contributed by atoms with Gasteiger partial charge in [-0.3, -0.25) is 0 Å². The van der Waals surface area contributed by atoms with Crippen LogP contribution in [0.3, 0.4) is 0 Å². The van der Waals surface area contributed by atoms with Crippen LogP contribution in [0.5, 0.6) is 0 Å². The molecule has 90 valence electrons. The van der Waals surface area contributed by atoms with Gasteiger partial charge < -0.3 is 10.3 Å². The van der Waals surface area contributed by atoms with Crippen molar-refractivity contribution in [2.45, 2.75) is 24.6 Å². The molecule has 1 fully saturated rings. The van der Waals surface area contributed by atoms with Gasteiger partial charge in [-0.05, 0) is 31.0 Å². The van der Waals surface area contributed by atoms with E-state index in [-0.39, 0.29) is 0 Å². The largest absolute Gasteiger partial charge is 0.416 e. The van der Waals surface area contributed by atoms with E-state index < -0.39 is 17.3 Å². The zero-order chi connectivity index (χ0) is 12.3. The van der Waals surface area contributed by atoms with Gasteiger partial charge in [0.2, 0.25) is 0 Å². The number of rotatable bonds is 1. The summed E-state index contributed by atoms with van der Waals surface area (Å²) in [5.41, 5.74) is 4.99. The molecule has 0 saturated heterocycles. The first kappa shape index (κ1) is 10.6. The fraction of sp³-hybridized carbons (Fsp3) is 0.364. The molecule has 1 saturated carbocycles. The van der Waals surface area contributed by atoms with E-state index in [1.165, 1.54) is 6.07 Å². The molecular formula is C11H9F3N2O. The number of fused-ring (bicyclic) bond motifs is 1. The Labute approximate surface area is 94.4 Å². The summed E-state index contributed by atoms with van der Waals surface area (Å²) >= 11 is 0. The third-order valence-corrected chi connectivity index (χ3v) is 3.04. The first-order chi connectivity index (χ1) is 7.90. The highest BCUT2D eigenvalue weighted by Crippen LogP contribution is 2.46. The SMILES string of the molecule is NC1(c2onc3ccc(C(F)(F)F)cc23)CC1. The standard InChI is InChI=1S/C11H9F3N2O/c12-11(13,14)6-1-2-8-7(5-6)9(17-16-8)10(15)3-4-10/h1-2,5H,3-4,15H2. The molecule has 1 aromatic heterocycles. The minimum atomic E-state index is -4.37. The molecule has 0 unspecified atom stereocenters. The van der Waals surface area contributed by atoms with Gasteiger partial charge in [-0.2, -0.15) is 13.2 Å². The van der Waals surface area contributed by atoms with Crippen molar-refractivity contribution in [2.24, 2.45) is 5.73 Å². The molecule has 6 heteroatoms. The molecule has 1 heterocycles. The Bertz CT molecular complexity index is 584. The third-order valence-electron chi connectivity index (χ3n) is 3.04. The number of nitrogens with zero attached hydrogens (tertiary/aromatic N) is 1. The number of hydrogen-bond donors (Lipinski definition) is 1. The lowest BCUT2D eigenvalue weighted by Gasteiger charge is -2.07. The second-order valence-electron chi connectivity index (χ2n) is 4.40. The van der Waals surface area contributed by atoms with E-state index in [1.807, 2.05) is 0 Å². The second-order valence-corrected chi connectivity index (χ2v) is 4.40. The molecular weight excluding hydrogens is 233 g/mol. The van der Waals surface area contributed by atoms with E-state index in [0.29, 0.717) is 29.5 Å². The average molecular weight is 242 g/mol. The van der Waals surface area contributed by atoms with E-state index in [9.17, 15) is 13.2 Å². The second kappa shape index (κ2) is 3.01. The van der Waals surface area contributed by atoms with Gasteiger partial charge in [0.1, 0.15) is 5.52 Å². The lowest BCUT2D eigenvalue weighted by molar-refractivity contribution is -0.137. The van der Waals surface area contributed by atoms with Crippen molar-refractivity contribution in [3.05, 3.63) is 29.5 Å². The molecule has 0 amide bonds. The molecule has 2 aromatic rings. The fourth-order valence-electron chi connectivity index (χ4n) is 1.84. The van der Waals surface area contributed by atoms with Crippen LogP contribution in [0.1, 0.15) is 24.2 Å². The number of hydrogen-bond acceptors (Lipinski definition) is 3. The smallest absolute Gasteiger partial charge is 0.358 e. The van der Waals surface area contributed by atoms with Crippen molar-refractivity contribution < 1.29 is 17.7 Å². The predicted octanol–water partition coefficient (Wildman–Crippen LogP) is 2.79. The van der Waals surface area contributed by atoms with E-state index in [0.717, 1.165) is 12.1 Å². The maximum Gasteiger partial charge on any atom is 0.416 e. The molecule has 17 heavy (non-hydrogen) atoms. The van der Waals surface area contributed by atoms with Gasteiger partial charge in [0.15, 0.2) is 5.76 Å². The maximum absolute atomic E-state index is 12.6. The Kier molecular flexibility index (Phi) is 1.87. The van der Waals surface area contributed by atoms with Gasteiger partial charge >= 0.3 is 6.18 Å². The van der Waals surface area contributed by atoms with Gasteiger partial charge in [-0.25, -0.2) is 0 Å². The summed E-state index contributed by atoms with van der Waals surface area (Å²) in [6.07, 6.45) is -2.94. The highest BCUT2D eigenvalue weighted by Gasteiger charge is 2.45. The van der Waals surface area contributed by atoms with Crippen molar-refractivity contribution in [2.75, 3.05) is 0 Å². The lowest BCUT2D eigenvalue weighted by Crippen LogP contribution is -2.18. The molecule has 0 radical (unpaired) electrons. The summed E-state index contributed by atoms with van der Waals surface area (Å²) in [7, 11) is 0. The van der Waals surface area contributed by atoms with Crippen LogP contribution in [-0.2, 0) is 11.7 Å². The Balaban J connectivity index is 2.20. The molecule has 0 bridgehead atoms. The average Bonchev–Trinajstić information content (AvgIpc) is 2.85. The normalized spacial score (nSPS) is 18.6. The highest BCUT2D eigenvalue weighted by atomic mass is 19.4. The molecule has 0 atom stereocenters. The Morgan fingerprint density at radius 1 is 1.29 bits per heavy atom. The number of nitrogens with two attached hydrogens (primary N) is 1. The number of benzene rings is 1. The van der Waals surface area contributed by atoms with Crippen LogP contribution >= 0.6 is 0 Å². The van der Waals surface area contributed by atoms with Crippen molar-refractivity contribution in [3.8, 4) is 0 Å². The van der Waals surface area contributed by atoms with Crippen molar-refractivity contribution in [1.82, 2.24) is 5.16 Å². The summed E-state index contributed by atoms with van der Waals surface area (Å²) in [5, 5.41) is 4.09. The predicted molar refractivity (Wildman–Crippen MR) is 54.1 cm³/mol. The van der Waals surface area contributed by atoms with Gasteiger partial charge in [-0.1, -0.05) is 5.16 Å². The van der Waals surface area contributed by atoms with Crippen LogP contribution in [0.25, 0.3) is 10.9 Å². The van der Waals surface area contributed by atoms with Crippen LogP contribution in [0.2, 0.25) is 0 Å². The topological polar surface area (TPSA) is 52.0 Å². The minimum Gasteiger partial charge on any atom is -0.358 e. The van der Waals surface area contributed by atoms with Crippen molar-refractivity contribution >= 4 is 10.9 Å². The van der Waals surface area contributed by atoms with Crippen LogP contribution in [-0.4, -0.2) is 5.16 Å². The van der Waals surface area contributed by atoms with E-state index in [1.54, 1.807) is 0 Å². The molecule has 1 aliphatic rings. The maximum atomic E-state index is 12.6. The summed E-state index contributed by atoms with van der Waals surface area (Å²) in [4.78, 5) is 0. The Morgan fingerprint density at radius 3 is 2.59 bits per heavy atom. The van der Waals surface area contributed by atoms with Crippen molar-refractivity contribution in [1.29, 1.82) is 0 Å². The van der Waals surface area contributed by atoms with Crippen LogP contribution < -0.4 is 5.73 Å². The third kappa shape index (κ3) is 1.59. The Morgan fingerprint density at radius 2 is 2.00 bits per heavy atom. The van der Waals surface area contributed by atoms with Crippen LogP contribution in [0.15, 0.2) is 22.7 Å². The summed E-state index contributed by atoms with van der Waals surface area (Å²) < 4.78 is 42.8. The number of aromatic nitrogens is 1. The molecule has 3 nitrogen and oxygen atoms in total. The summed E-state index contributed by atoms with van der Waals surface area (Å²) in [5.74, 6) is 0.360. The van der Waals surface area contributed by atoms with E-state index in [2.05, 4.69) is 5.16 Å². The van der Waals surface area contributed by atoms with Gasteiger partial charge in [0, 0.05) is 5.39 Å². The molecule has 1 aliphatic carbocycles. The van der Waals surface area contributed by atoms with Crippen LogP contribution in [0, 0.1) is 0 Å². The molecule has 0 spiro atoms. The number of halogens is 3. The summed E-state index contributed by atoms with van der Waals surface area (Å²) in [6.45, 7) is 0. The highest BCUT2D eigenvalue weighted by molar-refractivity contribution is 5.82. The monoisotopic (exact) mass is 242 g/mol. The van der Waals surface area contributed by atoms with Gasteiger partial charge in [-0.15, -0.1) is 0 Å². The minimum absolute atomic E-state index is 0.360. The zero-order valence-electron chi connectivity index (χ0n) is 8.71. The van der Waals surface area contributed by atoms with Gasteiger partial charge in [0.05, 0.1) is 11.1 Å². The zero-order valence-corrected chi connectivity index (χ0v) is 8.71. The summed E-state index contributed by atoms with van der Waals surface area (Å²) in [6, 6.07) is 3.34. The van der Waals surface area contributed by atoms with E-state index in [4.69, 9.17) is 10.3 Å².